The number of rotatable bonds is 3. The molecule has 2 nitrogen and oxygen atoms in total. The predicted octanol–water partition coefficient (Wildman–Crippen LogP) is 6.42. The van der Waals surface area contributed by atoms with Gasteiger partial charge in [0, 0.05) is 24.4 Å². The van der Waals surface area contributed by atoms with Crippen molar-refractivity contribution in [2.45, 2.75) is 54.9 Å². The van der Waals surface area contributed by atoms with Crippen LogP contribution in [-0.4, -0.2) is 10.8 Å². The molecule has 22 heavy (non-hydrogen) atoms. The summed E-state index contributed by atoms with van der Waals surface area (Å²) >= 11 is 0. The van der Waals surface area contributed by atoms with Gasteiger partial charge in [-0.25, -0.2) is 0 Å². The molecule has 1 aromatic carbocycles. The van der Waals surface area contributed by atoms with E-state index in [1.165, 1.54) is 0 Å². The van der Waals surface area contributed by atoms with Gasteiger partial charge in [0.1, 0.15) is 0 Å². The van der Waals surface area contributed by atoms with E-state index in [4.69, 9.17) is 0 Å². The molecule has 0 amide bonds. The largest absolute Gasteiger partial charge is 0.294 e. The highest BCUT2D eigenvalue weighted by molar-refractivity contribution is 5.96. The third kappa shape index (κ3) is 7.72. The van der Waals surface area contributed by atoms with Gasteiger partial charge in [0.25, 0.3) is 0 Å². The first kappa shape index (κ1) is 22.3. The number of ketones is 1. The van der Waals surface area contributed by atoms with Crippen molar-refractivity contribution in [2.75, 3.05) is 0 Å². The van der Waals surface area contributed by atoms with Crippen LogP contribution in [0.2, 0.25) is 0 Å². The molecule has 0 aliphatic rings. The zero-order chi connectivity index (χ0) is 17.4. The normalized spacial score (nSPS) is 8.14. The molecule has 0 aliphatic carbocycles. The predicted molar refractivity (Wildman–Crippen MR) is 98.3 cm³/mol. The van der Waals surface area contributed by atoms with Crippen molar-refractivity contribution in [1.82, 2.24) is 4.98 Å². The molecule has 0 aliphatic heterocycles. The number of pyridine rings is 1. The van der Waals surface area contributed by atoms with Crippen LogP contribution in [0.4, 0.5) is 0 Å². The molecule has 122 valence electrons. The fourth-order valence-corrected chi connectivity index (χ4v) is 1.60. The fourth-order valence-electron chi connectivity index (χ4n) is 1.60. The topological polar surface area (TPSA) is 30.0 Å². The molecule has 0 radical (unpaired) electrons. The highest BCUT2D eigenvalue weighted by Gasteiger charge is 2.02. The van der Waals surface area contributed by atoms with Crippen LogP contribution in [0.5, 0.6) is 0 Å². The third-order valence-corrected chi connectivity index (χ3v) is 2.54. The lowest BCUT2D eigenvalue weighted by Crippen LogP contribution is -1.95. The van der Waals surface area contributed by atoms with Gasteiger partial charge >= 0.3 is 0 Å². The summed E-state index contributed by atoms with van der Waals surface area (Å²) in [6.45, 7) is 13.9. The lowest BCUT2D eigenvalue weighted by atomic mass is 10.0. The van der Waals surface area contributed by atoms with Crippen molar-refractivity contribution < 1.29 is 4.79 Å². The quantitative estimate of drug-likeness (QED) is 0.612. The average molecular weight is 301 g/mol. The Balaban J connectivity index is 0. The van der Waals surface area contributed by atoms with Gasteiger partial charge in [-0.15, -0.1) is 0 Å². The van der Waals surface area contributed by atoms with Gasteiger partial charge in [-0.1, -0.05) is 72.7 Å². The van der Waals surface area contributed by atoms with Crippen LogP contribution in [0.3, 0.4) is 0 Å². The number of carbonyl (C=O) groups excluding carboxylic acids is 1. The lowest BCUT2D eigenvalue weighted by Gasteiger charge is -2.02. The summed E-state index contributed by atoms with van der Waals surface area (Å²) in [7, 11) is 0. The smallest absolute Gasteiger partial charge is 0.162 e. The van der Waals surface area contributed by atoms with E-state index in [1.807, 2.05) is 84.9 Å². The number of hydrogen-bond donors (Lipinski definition) is 0. The van der Waals surface area contributed by atoms with Gasteiger partial charge in [-0.05, 0) is 23.3 Å². The van der Waals surface area contributed by atoms with Crippen molar-refractivity contribution >= 4 is 5.78 Å². The van der Waals surface area contributed by atoms with E-state index >= 15 is 0 Å². The first-order valence-electron chi connectivity index (χ1n) is 8.35. The minimum absolute atomic E-state index is 0.182. The highest BCUT2D eigenvalue weighted by atomic mass is 16.1. The number of carbonyl (C=O) groups is 1. The Hall–Kier alpha value is -1.96. The summed E-state index contributed by atoms with van der Waals surface area (Å²) in [6.07, 6.45) is 4.08. The summed E-state index contributed by atoms with van der Waals surface area (Å²) in [5.74, 6) is 0.182. The lowest BCUT2D eigenvalue weighted by molar-refractivity contribution is 0.0988. The second-order valence-electron chi connectivity index (χ2n) is 3.59. The van der Waals surface area contributed by atoms with E-state index < -0.39 is 0 Å². The Bertz CT molecular complexity index is 475. The van der Waals surface area contributed by atoms with Crippen LogP contribution < -0.4 is 0 Å². The minimum atomic E-state index is 0.182. The zero-order valence-electron chi connectivity index (χ0n) is 15.2. The number of Topliss-reactive ketones (excluding diaryl/α,β-unsaturated/α-hetero) is 1. The van der Waals surface area contributed by atoms with Gasteiger partial charge in [0.2, 0.25) is 0 Å². The number of benzene rings is 1. The Morgan fingerprint density at radius 2 is 1.18 bits per heavy atom. The Labute approximate surface area is 136 Å². The summed E-state index contributed by atoms with van der Waals surface area (Å²) in [5.41, 5.74) is 3.00. The molecular formula is C20H31NO. The minimum Gasteiger partial charge on any atom is -0.294 e. The van der Waals surface area contributed by atoms with E-state index in [0.29, 0.717) is 6.42 Å². The van der Waals surface area contributed by atoms with E-state index in [9.17, 15) is 4.79 Å². The Kier molecular flexibility index (Phi) is 15.7. The van der Waals surface area contributed by atoms with Crippen LogP contribution in [0.15, 0.2) is 48.8 Å². The first-order valence-corrected chi connectivity index (χ1v) is 8.35. The summed E-state index contributed by atoms with van der Waals surface area (Å²) in [6, 6.07) is 11.6. The maximum absolute atomic E-state index is 11.5. The van der Waals surface area contributed by atoms with Crippen LogP contribution in [0, 0.1) is 0 Å². The SMILES string of the molecule is CC.CC.CC.CCC(=O)c1ccc(-c2ccncc2)cc1. The number of nitrogens with zero attached hydrogens (tertiary/aromatic N) is 1. The molecule has 1 aromatic heterocycles. The third-order valence-electron chi connectivity index (χ3n) is 2.54. The molecule has 0 fully saturated rings. The van der Waals surface area contributed by atoms with E-state index in [1.54, 1.807) is 12.4 Å². The maximum Gasteiger partial charge on any atom is 0.162 e. The molecule has 1 heterocycles. The monoisotopic (exact) mass is 301 g/mol. The van der Waals surface area contributed by atoms with Crippen LogP contribution in [0.25, 0.3) is 11.1 Å². The van der Waals surface area contributed by atoms with Crippen molar-refractivity contribution in [2.24, 2.45) is 0 Å². The van der Waals surface area contributed by atoms with E-state index in [0.717, 1.165) is 16.7 Å². The van der Waals surface area contributed by atoms with Gasteiger partial charge in [0.05, 0.1) is 0 Å². The summed E-state index contributed by atoms with van der Waals surface area (Å²) < 4.78 is 0. The van der Waals surface area contributed by atoms with Gasteiger partial charge in [-0.2, -0.15) is 0 Å². The van der Waals surface area contributed by atoms with Crippen LogP contribution in [-0.2, 0) is 0 Å². The molecule has 0 bridgehead atoms. The molecule has 2 aromatic rings. The van der Waals surface area contributed by atoms with Crippen LogP contribution in [0.1, 0.15) is 65.2 Å². The second kappa shape index (κ2) is 15.4. The van der Waals surface area contributed by atoms with Crippen molar-refractivity contribution in [1.29, 1.82) is 0 Å². The standard InChI is InChI=1S/C14H13NO.3C2H6/c1-2-14(16)13-5-3-11(4-6-13)12-7-9-15-10-8-12;3*1-2/h3-10H,2H2,1H3;3*1-2H3. The average Bonchev–Trinajstić information content (AvgIpc) is 2.67. The van der Waals surface area contributed by atoms with Crippen molar-refractivity contribution in [3.8, 4) is 11.1 Å². The summed E-state index contributed by atoms with van der Waals surface area (Å²) in [5, 5.41) is 0. The molecule has 2 rings (SSSR count). The molecule has 0 N–H and O–H groups in total. The zero-order valence-corrected chi connectivity index (χ0v) is 15.2. The molecule has 0 unspecified atom stereocenters. The van der Waals surface area contributed by atoms with E-state index in [2.05, 4.69) is 4.98 Å². The fraction of sp³-hybridized carbons (Fsp3) is 0.400. The van der Waals surface area contributed by atoms with Crippen molar-refractivity contribution in [3.05, 3.63) is 54.4 Å². The van der Waals surface area contributed by atoms with Gasteiger partial charge < -0.3 is 0 Å². The summed E-state index contributed by atoms with van der Waals surface area (Å²) in [4.78, 5) is 15.4. The van der Waals surface area contributed by atoms with Gasteiger partial charge in [0.15, 0.2) is 5.78 Å². The molecule has 0 atom stereocenters. The van der Waals surface area contributed by atoms with E-state index in [-0.39, 0.29) is 5.78 Å². The van der Waals surface area contributed by atoms with Crippen LogP contribution >= 0.6 is 0 Å². The number of aromatic nitrogens is 1. The van der Waals surface area contributed by atoms with Crippen molar-refractivity contribution in [3.63, 3.8) is 0 Å². The Morgan fingerprint density at radius 1 is 0.773 bits per heavy atom. The molecule has 2 heteroatoms. The first-order chi connectivity index (χ1) is 10.8. The Morgan fingerprint density at radius 3 is 1.59 bits per heavy atom. The molecular weight excluding hydrogens is 270 g/mol. The molecule has 0 saturated carbocycles. The number of hydrogen-bond acceptors (Lipinski definition) is 2. The molecule has 0 saturated heterocycles. The molecule has 0 spiro atoms. The van der Waals surface area contributed by atoms with Gasteiger partial charge in [-0.3, -0.25) is 9.78 Å². The highest BCUT2D eigenvalue weighted by Crippen LogP contribution is 2.19. The second-order valence-corrected chi connectivity index (χ2v) is 3.59. The maximum atomic E-state index is 11.5.